The Balaban J connectivity index is 1.39. The summed E-state index contributed by atoms with van der Waals surface area (Å²) in [5.41, 5.74) is -3.84. The second-order valence-electron chi connectivity index (χ2n) is 21.5. The van der Waals surface area contributed by atoms with Gasteiger partial charge in [-0.3, -0.25) is 14.5 Å². The molecule has 0 radical (unpaired) electrons. The number of ether oxygens (including phenoxy) is 9. The van der Waals surface area contributed by atoms with Gasteiger partial charge in [0.1, 0.15) is 17.8 Å². The van der Waals surface area contributed by atoms with Gasteiger partial charge in [0.05, 0.1) is 46.5 Å². The average Bonchev–Trinajstić information content (AvgIpc) is 3.61. The van der Waals surface area contributed by atoms with E-state index in [4.69, 9.17) is 65.8 Å². The number of benzene rings is 1. The lowest BCUT2D eigenvalue weighted by atomic mass is 9.77. The monoisotopic (exact) mass is 1060 g/mol. The molecule has 4 saturated heterocycles. The van der Waals surface area contributed by atoms with Crippen LogP contribution in [0, 0.1) is 17.8 Å². The smallest absolute Gasteiger partial charge is 0.458 e. The number of carbonyl (C=O) groups excluding carboxylic acids is 4. The van der Waals surface area contributed by atoms with Gasteiger partial charge in [-0.05, 0) is 126 Å². The van der Waals surface area contributed by atoms with E-state index in [0.717, 1.165) is 0 Å². The number of nitrogens with zero attached hydrogens (tertiary/aromatic N) is 2. The molecular formula is C51H82Cl2N4O15. The highest BCUT2D eigenvalue weighted by molar-refractivity contribution is 6.36. The highest BCUT2D eigenvalue weighted by Gasteiger charge is 2.58. The fraction of sp³-hybridized carbons (Fsp3) is 0.804. The van der Waals surface area contributed by atoms with Crippen LogP contribution in [0.3, 0.4) is 0 Å². The van der Waals surface area contributed by atoms with Gasteiger partial charge in [-0.1, -0.05) is 44.0 Å². The van der Waals surface area contributed by atoms with Crippen LogP contribution in [-0.4, -0.2) is 182 Å². The number of amides is 2. The van der Waals surface area contributed by atoms with Gasteiger partial charge in [0, 0.05) is 56.2 Å². The number of fused-ring (bicyclic) bond motifs is 1. The summed E-state index contributed by atoms with van der Waals surface area (Å²) >= 11 is 12.1. The Morgan fingerprint density at radius 1 is 0.944 bits per heavy atom. The number of likely N-dealkylation sites (N-methyl/N-ethyl adjacent to an activating group) is 2. The molecule has 4 fully saturated rings. The van der Waals surface area contributed by atoms with E-state index in [1.165, 1.54) is 13.2 Å². The van der Waals surface area contributed by atoms with E-state index in [9.17, 15) is 29.4 Å². The Labute approximate surface area is 435 Å². The minimum Gasteiger partial charge on any atom is -0.458 e. The van der Waals surface area contributed by atoms with E-state index < -0.39 is 108 Å². The lowest BCUT2D eigenvalue weighted by molar-refractivity contribution is -0.317. The standard InChI is InChI=1S/C51H82Cl2N4O15/c1-15-37-51(10)42(71-48(62)72-51)31(6)57(13)26-27(2)24-49(8,63)41(69-46-39(58)36(56(11)12)22-28(3)65-46)29(4)40(30(5)45(60)67-37)68-38-25-50(9,64-14)43(32(7)66-38)70-47(61)55-21-17-16-20-54-44(59)34-19-18-33(52)23-35(34)53/h18-19,23,27-32,36-43,46,58,63H,15-17,20-22,24-26H2,1-14H3,(H,54,59)(H,55,61)/t27-,28-,29+,30-,31-,32+,36+,37-,38+,39-,40+,41-,42-,43+,46+,49-,50-,51-/m1/s1. The molecule has 0 unspecified atom stereocenters. The third-order valence-electron chi connectivity index (χ3n) is 15.2. The number of alkyl carbamates (subject to hydrolysis) is 1. The van der Waals surface area contributed by atoms with Crippen LogP contribution in [0.25, 0.3) is 0 Å². The molecule has 0 bridgehead atoms. The number of nitrogens with one attached hydrogen (secondary N) is 2. The first-order valence-electron chi connectivity index (χ1n) is 25.4. The van der Waals surface area contributed by atoms with Crippen molar-refractivity contribution in [2.75, 3.05) is 47.9 Å². The average molecular weight is 1060 g/mol. The Morgan fingerprint density at radius 2 is 1.61 bits per heavy atom. The van der Waals surface area contributed by atoms with Crippen molar-refractivity contribution in [3.8, 4) is 0 Å². The summed E-state index contributed by atoms with van der Waals surface area (Å²) in [6.07, 6.45) is -8.69. The lowest BCUT2D eigenvalue weighted by Gasteiger charge is -2.49. The first-order valence-corrected chi connectivity index (χ1v) is 26.1. The van der Waals surface area contributed by atoms with E-state index in [2.05, 4.69) is 10.6 Å². The molecule has 4 N–H and O–H groups in total. The number of hydrogen-bond acceptors (Lipinski definition) is 17. The van der Waals surface area contributed by atoms with E-state index in [-0.39, 0.29) is 54.8 Å². The summed E-state index contributed by atoms with van der Waals surface area (Å²) in [6, 6.07) is 3.93. The van der Waals surface area contributed by atoms with Gasteiger partial charge < -0.3 is 68.4 Å². The molecule has 0 spiro atoms. The second-order valence-corrected chi connectivity index (χ2v) is 22.3. The molecule has 5 rings (SSSR count). The molecule has 0 aliphatic carbocycles. The van der Waals surface area contributed by atoms with Gasteiger partial charge >= 0.3 is 18.2 Å². The van der Waals surface area contributed by atoms with E-state index in [1.807, 2.05) is 65.6 Å². The zero-order valence-electron chi connectivity index (χ0n) is 44.6. The number of rotatable bonds is 14. The predicted molar refractivity (Wildman–Crippen MR) is 268 cm³/mol. The quantitative estimate of drug-likeness (QED) is 0.0908. The van der Waals surface area contributed by atoms with Crippen molar-refractivity contribution in [3.63, 3.8) is 0 Å². The van der Waals surface area contributed by atoms with Gasteiger partial charge in [-0.25, -0.2) is 9.59 Å². The molecule has 4 heterocycles. The summed E-state index contributed by atoms with van der Waals surface area (Å²) in [5.74, 6) is -3.08. The maximum absolute atomic E-state index is 14.8. The van der Waals surface area contributed by atoms with E-state index in [1.54, 1.807) is 46.8 Å². The molecule has 4 aliphatic heterocycles. The molecule has 21 heteroatoms. The topological polar surface area (TPSA) is 222 Å². The first-order chi connectivity index (χ1) is 33.7. The van der Waals surface area contributed by atoms with Crippen LogP contribution in [0.2, 0.25) is 10.0 Å². The third kappa shape index (κ3) is 14.2. The number of halogens is 2. The summed E-state index contributed by atoms with van der Waals surface area (Å²) in [6.45, 7) is 19.1. The predicted octanol–water partition coefficient (Wildman–Crippen LogP) is 6.33. The number of esters is 1. The fourth-order valence-electron chi connectivity index (χ4n) is 11.1. The van der Waals surface area contributed by atoms with Crippen molar-refractivity contribution in [1.29, 1.82) is 0 Å². The van der Waals surface area contributed by atoms with Crippen LogP contribution in [0.1, 0.15) is 118 Å². The number of hydrogen-bond donors (Lipinski definition) is 4. The number of aliphatic hydroxyl groups excluding tert-OH is 1. The van der Waals surface area contributed by atoms with E-state index in [0.29, 0.717) is 42.9 Å². The summed E-state index contributed by atoms with van der Waals surface area (Å²) in [5, 5.41) is 30.8. The summed E-state index contributed by atoms with van der Waals surface area (Å²) in [4.78, 5) is 57.5. The van der Waals surface area contributed by atoms with Gasteiger partial charge in [0.25, 0.3) is 5.91 Å². The maximum atomic E-state index is 14.8. The zero-order valence-corrected chi connectivity index (χ0v) is 46.1. The van der Waals surface area contributed by atoms with Crippen LogP contribution in [0.4, 0.5) is 9.59 Å². The van der Waals surface area contributed by atoms with Crippen LogP contribution in [0.5, 0.6) is 0 Å². The molecule has 1 aromatic carbocycles. The Bertz CT molecular complexity index is 2000. The summed E-state index contributed by atoms with van der Waals surface area (Å²) < 4.78 is 56.6. The second kappa shape index (κ2) is 25.2. The number of aliphatic hydroxyl groups is 2. The van der Waals surface area contributed by atoms with Crippen molar-refractivity contribution in [2.24, 2.45) is 17.8 Å². The number of cyclic esters (lactones) is 1. The Kier molecular flexibility index (Phi) is 20.9. The van der Waals surface area contributed by atoms with Crippen molar-refractivity contribution in [3.05, 3.63) is 33.8 Å². The van der Waals surface area contributed by atoms with Crippen LogP contribution >= 0.6 is 23.2 Å². The third-order valence-corrected chi connectivity index (χ3v) is 15.7. The molecular weight excluding hydrogens is 979 g/mol. The van der Waals surface area contributed by atoms with Gasteiger partial charge in [0.2, 0.25) is 0 Å². The van der Waals surface area contributed by atoms with Crippen molar-refractivity contribution < 1.29 is 72.0 Å². The molecule has 72 heavy (non-hydrogen) atoms. The highest BCUT2D eigenvalue weighted by Crippen LogP contribution is 2.42. The number of methoxy groups -OCH3 is 1. The minimum atomic E-state index is -1.62. The highest BCUT2D eigenvalue weighted by atomic mass is 35.5. The first kappa shape index (κ1) is 59.8. The fourth-order valence-corrected chi connectivity index (χ4v) is 11.6. The summed E-state index contributed by atoms with van der Waals surface area (Å²) in [7, 11) is 7.15. The van der Waals surface area contributed by atoms with Crippen molar-refractivity contribution >= 4 is 47.3 Å². The minimum absolute atomic E-state index is 0.0361. The zero-order chi connectivity index (χ0) is 53.6. The molecule has 4 aliphatic rings. The molecule has 19 nitrogen and oxygen atoms in total. The van der Waals surface area contributed by atoms with Crippen molar-refractivity contribution in [2.45, 2.75) is 198 Å². The molecule has 2 amide bonds. The van der Waals surface area contributed by atoms with E-state index >= 15 is 0 Å². The maximum Gasteiger partial charge on any atom is 0.509 e. The lowest BCUT2D eigenvalue weighted by Crippen LogP contribution is -2.61. The van der Waals surface area contributed by atoms with Gasteiger partial charge in [-0.2, -0.15) is 0 Å². The van der Waals surface area contributed by atoms with Gasteiger partial charge in [0.15, 0.2) is 30.4 Å². The normalized spacial score (nSPS) is 39.4. The molecule has 1 aromatic rings. The van der Waals surface area contributed by atoms with Crippen LogP contribution < -0.4 is 10.6 Å². The number of unbranched alkanes of at least 4 members (excludes halogenated alkanes) is 1. The Morgan fingerprint density at radius 3 is 2.24 bits per heavy atom. The van der Waals surface area contributed by atoms with Crippen molar-refractivity contribution in [1.82, 2.24) is 20.4 Å². The van der Waals surface area contributed by atoms with Crippen LogP contribution in [-0.2, 0) is 47.4 Å². The SMILES string of the molecule is CC[C@H]1OC(=O)[C@H](C)[C@@H](O[C@H]2C[C@@](C)(OC)[C@@H](OC(=O)NCCCCNC(=O)c3ccc(Cl)cc3Cl)[C@H](C)O2)[C@H](C)[C@@H](O[C@@H]2O[C@H](C)C[C@H](N(C)C)[C@H]2O)[C@](C)(O)C[C@@H](C)CN(C)[C@H](C)[C@H]2OC(=O)O[C@@]21C. The number of carbonyl (C=O) groups is 4. The largest absolute Gasteiger partial charge is 0.509 e. The molecule has 0 saturated carbocycles. The van der Waals surface area contributed by atoms with Gasteiger partial charge in [-0.15, -0.1) is 0 Å². The molecule has 0 aromatic heterocycles. The molecule has 18 atom stereocenters. The molecule has 410 valence electrons. The Hall–Kier alpha value is -3.08. The van der Waals surface area contributed by atoms with Crippen LogP contribution in [0.15, 0.2) is 18.2 Å².